The Balaban J connectivity index is 3.79. The molecule has 1 nitrogen and oxygen atoms in total. The molecule has 1 heteroatoms. The summed E-state index contributed by atoms with van der Waals surface area (Å²) >= 11 is 0. The summed E-state index contributed by atoms with van der Waals surface area (Å²) < 4.78 is 0. The van der Waals surface area contributed by atoms with E-state index in [1.54, 1.807) is 0 Å². The molecule has 0 fully saturated rings. The number of nitrogens with one attached hydrogen (secondary N) is 1. The Labute approximate surface area is 89.7 Å². The van der Waals surface area contributed by atoms with Gasteiger partial charge in [-0.15, -0.1) is 12.3 Å². The number of unbranched alkanes of at least 4 members (excludes halogenated alkanes) is 1. The van der Waals surface area contributed by atoms with Gasteiger partial charge in [0.2, 0.25) is 0 Å². The average molecular weight is 195 g/mol. The van der Waals surface area contributed by atoms with Crippen molar-refractivity contribution in [1.82, 2.24) is 5.32 Å². The molecule has 0 aromatic rings. The van der Waals surface area contributed by atoms with Gasteiger partial charge in [0, 0.05) is 12.5 Å². The predicted molar refractivity (Wildman–Crippen MR) is 64.2 cm³/mol. The van der Waals surface area contributed by atoms with E-state index in [9.17, 15) is 0 Å². The average Bonchev–Trinajstić information content (AvgIpc) is 2.22. The lowest BCUT2D eigenvalue weighted by Crippen LogP contribution is -2.35. The molecule has 82 valence electrons. The fraction of sp³-hybridized carbons (Fsp3) is 0.846. The molecule has 0 aliphatic heterocycles. The second-order valence-electron chi connectivity index (χ2n) is 4.04. The Bertz CT molecular complexity index is 157. The molecule has 0 radical (unpaired) electrons. The molecule has 2 unspecified atom stereocenters. The van der Waals surface area contributed by atoms with E-state index in [1.165, 1.54) is 19.3 Å². The Morgan fingerprint density at radius 1 is 1.36 bits per heavy atom. The highest BCUT2D eigenvalue weighted by Crippen LogP contribution is 2.13. The lowest BCUT2D eigenvalue weighted by molar-refractivity contribution is 0.343. The molecule has 0 aliphatic carbocycles. The standard InChI is InChI=1S/C13H25N/c1-5-8-9-10-13(12(4)7-3)14-11-6-2/h1,12-14H,6-11H2,2-4H3. The van der Waals surface area contributed by atoms with Crippen molar-refractivity contribution >= 4 is 0 Å². The van der Waals surface area contributed by atoms with Crippen molar-refractivity contribution in [3.8, 4) is 12.3 Å². The quantitative estimate of drug-likeness (QED) is 0.463. The van der Waals surface area contributed by atoms with E-state index in [0.29, 0.717) is 6.04 Å². The second kappa shape index (κ2) is 9.09. The normalized spacial score (nSPS) is 14.7. The first kappa shape index (κ1) is 13.5. The second-order valence-corrected chi connectivity index (χ2v) is 4.04. The Morgan fingerprint density at radius 2 is 2.07 bits per heavy atom. The maximum Gasteiger partial charge on any atom is 0.00929 e. The molecule has 0 saturated heterocycles. The number of hydrogen-bond acceptors (Lipinski definition) is 1. The molecular formula is C13H25N. The van der Waals surface area contributed by atoms with Crippen LogP contribution in [0.2, 0.25) is 0 Å². The van der Waals surface area contributed by atoms with Gasteiger partial charge in [0.25, 0.3) is 0 Å². The summed E-state index contributed by atoms with van der Waals surface area (Å²) in [5.41, 5.74) is 0. The molecule has 0 saturated carbocycles. The first-order valence-corrected chi connectivity index (χ1v) is 5.93. The van der Waals surface area contributed by atoms with Crippen LogP contribution in [0.25, 0.3) is 0 Å². The van der Waals surface area contributed by atoms with Gasteiger partial charge in [-0.1, -0.05) is 27.2 Å². The maximum atomic E-state index is 5.25. The Kier molecular flexibility index (Phi) is 8.78. The van der Waals surface area contributed by atoms with E-state index in [1.807, 2.05) is 0 Å². The third-order valence-electron chi connectivity index (χ3n) is 2.82. The monoisotopic (exact) mass is 195 g/mol. The summed E-state index contributed by atoms with van der Waals surface area (Å²) in [4.78, 5) is 0. The minimum absolute atomic E-state index is 0.660. The first-order valence-electron chi connectivity index (χ1n) is 5.93. The summed E-state index contributed by atoms with van der Waals surface area (Å²) in [6.45, 7) is 7.92. The molecule has 1 N–H and O–H groups in total. The number of terminal acetylenes is 1. The Morgan fingerprint density at radius 3 is 2.57 bits per heavy atom. The van der Waals surface area contributed by atoms with Gasteiger partial charge in [-0.05, 0) is 31.7 Å². The zero-order valence-electron chi connectivity index (χ0n) is 9.97. The summed E-state index contributed by atoms with van der Waals surface area (Å²) in [5.74, 6) is 3.47. The Hall–Kier alpha value is -0.480. The first-order chi connectivity index (χ1) is 6.76. The fourth-order valence-electron chi connectivity index (χ4n) is 1.63. The smallest absolute Gasteiger partial charge is 0.00929 e. The van der Waals surface area contributed by atoms with E-state index in [-0.39, 0.29) is 0 Å². The van der Waals surface area contributed by atoms with Crippen molar-refractivity contribution in [1.29, 1.82) is 0 Å². The van der Waals surface area contributed by atoms with E-state index in [4.69, 9.17) is 6.42 Å². The van der Waals surface area contributed by atoms with E-state index in [0.717, 1.165) is 25.3 Å². The van der Waals surface area contributed by atoms with Crippen molar-refractivity contribution in [2.75, 3.05) is 6.54 Å². The zero-order valence-corrected chi connectivity index (χ0v) is 9.97. The van der Waals surface area contributed by atoms with Gasteiger partial charge < -0.3 is 5.32 Å². The minimum Gasteiger partial charge on any atom is -0.314 e. The lowest BCUT2D eigenvalue weighted by Gasteiger charge is -2.24. The van der Waals surface area contributed by atoms with Crippen molar-refractivity contribution in [2.24, 2.45) is 5.92 Å². The van der Waals surface area contributed by atoms with Crippen molar-refractivity contribution in [3.63, 3.8) is 0 Å². The SMILES string of the molecule is C#CCCCC(NCCC)C(C)CC. The van der Waals surface area contributed by atoms with E-state index >= 15 is 0 Å². The van der Waals surface area contributed by atoms with Crippen molar-refractivity contribution in [2.45, 2.75) is 58.9 Å². The molecule has 0 aromatic heterocycles. The third kappa shape index (κ3) is 6.05. The summed E-state index contributed by atoms with van der Waals surface area (Å²) in [6, 6.07) is 0.660. The number of rotatable bonds is 8. The predicted octanol–water partition coefficient (Wildman–Crippen LogP) is 3.20. The van der Waals surface area contributed by atoms with Crippen LogP contribution in [0.5, 0.6) is 0 Å². The van der Waals surface area contributed by atoms with Crippen LogP contribution in [-0.2, 0) is 0 Å². The van der Waals surface area contributed by atoms with Crippen LogP contribution in [0, 0.1) is 18.3 Å². The largest absolute Gasteiger partial charge is 0.314 e. The molecule has 0 spiro atoms. The molecule has 0 aliphatic rings. The molecule has 0 rings (SSSR count). The summed E-state index contributed by atoms with van der Waals surface area (Å²) in [6.07, 6.45) is 11.0. The highest BCUT2D eigenvalue weighted by atomic mass is 14.9. The van der Waals surface area contributed by atoms with Crippen LogP contribution in [0.15, 0.2) is 0 Å². The molecule has 0 heterocycles. The van der Waals surface area contributed by atoms with Crippen LogP contribution in [-0.4, -0.2) is 12.6 Å². The van der Waals surface area contributed by atoms with Gasteiger partial charge >= 0.3 is 0 Å². The van der Waals surface area contributed by atoms with E-state index in [2.05, 4.69) is 32.0 Å². The molecule has 14 heavy (non-hydrogen) atoms. The third-order valence-corrected chi connectivity index (χ3v) is 2.82. The van der Waals surface area contributed by atoms with E-state index < -0.39 is 0 Å². The van der Waals surface area contributed by atoms with Crippen molar-refractivity contribution in [3.05, 3.63) is 0 Å². The van der Waals surface area contributed by atoms with Gasteiger partial charge in [0.05, 0.1) is 0 Å². The van der Waals surface area contributed by atoms with Gasteiger partial charge in [0.1, 0.15) is 0 Å². The van der Waals surface area contributed by atoms with Gasteiger partial charge in [-0.2, -0.15) is 0 Å². The lowest BCUT2D eigenvalue weighted by atomic mass is 9.94. The van der Waals surface area contributed by atoms with Crippen LogP contribution in [0.1, 0.15) is 52.9 Å². The summed E-state index contributed by atoms with van der Waals surface area (Å²) in [5, 5.41) is 3.61. The maximum absolute atomic E-state index is 5.25. The van der Waals surface area contributed by atoms with Crippen LogP contribution in [0.3, 0.4) is 0 Å². The van der Waals surface area contributed by atoms with Crippen LogP contribution >= 0.6 is 0 Å². The summed E-state index contributed by atoms with van der Waals surface area (Å²) in [7, 11) is 0. The molecule has 0 amide bonds. The van der Waals surface area contributed by atoms with Crippen molar-refractivity contribution < 1.29 is 0 Å². The fourth-order valence-corrected chi connectivity index (χ4v) is 1.63. The molecule has 0 bridgehead atoms. The minimum atomic E-state index is 0.660. The topological polar surface area (TPSA) is 12.0 Å². The zero-order chi connectivity index (χ0) is 10.8. The molecular weight excluding hydrogens is 170 g/mol. The number of hydrogen-bond donors (Lipinski definition) is 1. The van der Waals surface area contributed by atoms with Gasteiger partial charge in [-0.25, -0.2) is 0 Å². The van der Waals surface area contributed by atoms with Gasteiger partial charge in [-0.3, -0.25) is 0 Å². The van der Waals surface area contributed by atoms with Crippen LogP contribution < -0.4 is 5.32 Å². The molecule has 2 atom stereocenters. The van der Waals surface area contributed by atoms with Crippen LogP contribution in [0.4, 0.5) is 0 Å². The highest BCUT2D eigenvalue weighted by molar-refractivity contribution is 4.84. The molecule has 0 aromatic carbocycles. The highest BCUT2D eigenvalue weighted by Gasteiger charge is 2.13. The van der Waals surface area contributed by atoms with Gasteiger partial charge in [0.15, 0.2) is 0 Å².